The minimum atomic E-state index is 0.158. The molecule has 2 N–H and O–H groups in total. The number of aromatic hydroxyl groups is 1. The van der Waals surface area contributed by atoms with E-state index in [4.69, 9.17) is 5.11 Å². The van der Waals surface area contributed by atoms with E-state index in [1.807, 2.05) is 19.9 Å². The molecule has 0 aromatic heterocycles. The monoisotopic (exact) mass is 166 g/mol. The lowest BCUT2D eigenvalue weighted by molar-refractivity contribution is 0.299. The van der Waals surface area contributed by atoms with Crippen LogP contribution in [-0.2, 0) is 6.42 Å². The van der Waals surface area contributed by atoms with E-state index in [1.165, 1.54) is 0 Å². The summed E-state index contributed by atoms with van der Waals surface area (Å²) < 4.78 is 0. The van der Waals surface area contributed by atoms with Crippen molar-refractivity contribution < 1.29 is 10.2 Å². The van der Waals surface area contributed by atoms with Gasteiger partial charge in [-0.1, -0.05) is 6.07 Å². The molecule has 0 fully saturated rings. The molecule has 0 unspecified atom stereocenters. The van der Waals surface area contributed by atoms with Crippen molar-refractivity contribution in [3.63, 3.8) is 0 Å². The number of aliphatic hydroxyl groups excluding tert-OH is 1. The lowest BCUT2D eigenvalue weighted by atomic mass is 10.0. The van der Waals surface area contributed by atoms with Crippen LogP contribution in [0.1, 0.15) is 16.7 Å². The molecular formula is C10H14O2. The smallest absolute Gasteiger partial charge is 0.118 e. The zero-order valence-electron chi connectivity index (χ0n) is 7.46. The zero-order chi connectivity index (χ0) is 9.14. The molecule has 12 heavy (non-hydrogen) atoms. The van der Waals surface area contributed by atoms with E-state index in [0.717, 1.165) is 16.7 Å². The number of hydrogen-bond acceptors (Lipinski definition) is 2. The molecule has 0 saturated heterocycles. The largest absolute Gasteiger partial charge is 0.508 e. The summed E-state index contributed by atoms with van der Waals surface area (Å²) in [5, 5.41) is 18.1. The molecule has 2 nitrogen and oxygen atoms in total. The Kier molecular flexibility index (Phi) is 2.71. The summed E-state index contributed by atoms with van der Waals surface area (Å²) in [6.45, 7) is 4.00. The first-order chi connectivity index (χ1) is 5.66. The van der Waals surface area contributed by atoms with Crippen molar-refractivity contribution in [2.24, 2.45) is 0 Å². The molecule has 66 valence electrons. The van der Waals surface area contributed by atoms with Crippen molar-refractivity contribution in [2.45, 2.75) is 20.3 Å². The van der Waals surface area contributed by atoms with Gasteiger partial charge in [0.2, 0.25) is 0 Å². The second-order valence-electron chi connectivity index (χ2n) is 2.97. The molecule has 0 atom stereocenters. The van der Waals surface area contributed by atoms with Crippen LogP contribution < -0.4 is 0 Å². The van der Waals surface area contributed by atoms with Crippen LogP contribution in [0.25, 0.3) is 0 Å². The van der Waals surface area contributed by atoms with E-state index in [9.17, 15) is 5.11 Å². The average Bonchev–Trinajstić information content (AvgIpc) is 2.07. The fourth-order valence-electron chi connectivity index (χ4n) is 1.25. The van der Waals surface area contributed by atoms with Crippen LogP contribution in [0.5, 0.6) is 5.75 Å². The van der Waals surface area contributed by atoms with Crippen molar-refractivity contribution in [2.75, 3.05) is 6.61 Å². The van der Waals surface area contributed by atoms with Gasteiger partial charge in [0, 0.05) is 6.61 Å². The average molecular weight is 166 g/mol. The second-order valence-corrected chi connectivity index (χ2v) is 2.97. The van der Waals surface area contributed by atoms with Crippen LogP contribution in [0.15, 0.2) is 12.1 Å². The highest BCUT2D eigenvalue weighted by Crippen LogP contribution is 2.22. The fourth-order valence-corrected chi connectivity index (χ4v) is 1.25. The first-order valence-corrected chi connectivity index (χ1v) is 4.05. The van der Waals surface area contributed by atoms with Gasteiger partial charge in [0.25, 0.3) is 0 Å². The van der Waals surface area contributed by atoms with Crippen LogP contribution in [0.3, 0.4) is 0 Å². The number of aliphatic hydroxyl groups is 1. The van der Waals surface area contributed by atoms with Gasteiger partial charge in [-0.05, 0) is 43.0 Å². The molecule has 0 aliphatic rings. The number of benzene rings is 1. The van der Waals surface area contributed by atoms with Gasteiger partial charge in [0.05, 0.1) is 0 Å². The van der Waals surface area contributed by atoms with E-state index >= 15 is 0 Å². The van der Waals surface area contributed by atoms with E-state index in [1.54, 1.807) is 6.07 Å². The summed E-state index contributed by atoms with van der Waals surface area (Å²) in [6.07, 6.45) is 0.660. The van der Waals surface area contributed by atoms with Gasteiger partial charge in [-0.15, -0.1) is 0 Å². The molecular weight excluding hydrogens is 152 g/mol. The highest BCUT2D eigenvalue weighted by Gasteiger charge is 2.03. The first kappa shape index (κ1) is 9.07. The van der Waals surface area contributed by atoms with Crippen molar-refractivity contribution in [1.82, 2.24) is 0 Å². The normalized spacial score (nSPS) is 10.2. The summed E-state index contributed by atoms with van der Waals surface area (Å²) in [6, 6.07) is 3.53. The summed E-state index contributed by atoms with van der Waals surface area (Å²) in [5.74, 6) is 0.328. The van der Waals surface area contributed by atoms with Crippen LogP contribution in [-0.4, -0.2) is 16.8 Å². The Morgan fingerprint density at radius 2 is 1.83 bits per heavy atom. The molecule has 1 aromatic carbocycles. The van der Waals surface area contributed by atoms with E-state index in [2.05, 4.69) is 0 Å². The lowest BCUT2D eigenvalue weighted by Gasteiger charge is -2.08. The molecule has 0 spiro atoms. The van der Waals surface area contributed by atoms with Gasteiger partial charge in [-0.3, -0.25) is 0 Å². The first-order valence-electron chi connectivity index (χ1n) is 4.05. The molecule has 0 bridgehead atoms. The Morgan fingerprint density at radius 3 is 2.42 bits per heavy atom. The van der Waals surface area contributed by atoms with Gasteiger partial charge in [-0.25, -0.2) is 0 Å². The highest BCUT2D eigenvalue weighted by molar-refractivity contribution is 5.42. The summed E-state index contributed by atoms with van der Waals surface area (Å²) >= 11 is 0. The van der Waals surface area contributed by atoms with Crippen molar-refractivity contribution in [1.29, 1.82) is 0 Å². The quantitative estimate of drug-likeness (QED) is 0.699. The summed E-state index contributed by atoms with van der Waals surface area (Å²) in [5.41, 5.74) is 3.08. The molecule has 0 heterocycles. The van der Waals surface area contributed by atoms with Crippen molar-refractivity contribution in [3.8, 4) is 5.75 Å². The number of hydrogen-bond donors (Lipinski definition) is 2. The maximum atomic E-state index is 9.33. The van der Waals surface area contributed by atoms with E-state index in [0.29, 0.717) is 12.2 Å². The van der Waals surface area contributed by atoms with E-state index < -0.39 is 0 Å². The molecule has 1 rings (SSSR count). The number of phenols is 1. The van der Waals surface area contributed by atoms with Crippen LogP contribution >= 0.6 is 0 Å². The maximum Gasteiger partial charge on any atom is 0.118 e. The van der Waals surface area contributed by atoms with Gasteiger partial charge in [0.15, 0.2) is 0 Å². The molecule has 2 heteroatoms. The second kappa shape index (κ2) is 3.59. The maximum absolute atomic E-state index is 9.33. The third kappa shape index (κ3) is 1.59. The lowest BCUT2D eigenvalue weighted by Crippen LogP contribution is -1.95. The predicted octanol–water partition coefficient (Wildman–Crippen LogP) is 1.54. The molecule has 0 saturated carbocycles. The Hall–Kier alpha value is -1.02. The Morgan fingerprint density at radius 1 is 1.17 bits per heavy atom. The van der Waals surface area contributed by atoms with Gasteiger partial charge in [-0.2, -0.15) is 0 Å². The number of rotatable bonds is 2. The van der Waals surface area contributed by atoms with Crippen LogP contribution in [0.4, 0.5) is 0 Å². The van der Waals surface area contributed by atoms with Gasteiger partial charge >= 0.3 is 0 Å². The minimum absolute atomic E-state index is 0.158. The van der Waals surface area contributed by atoms with Crippen LogP contribution in [0.2, 0.25) is 0 Å². The molecule has 0 aliphatic carbocycles. The molecule has 1 aromatic rings. The van der Waals surface area contributed by atoms with Crippen molar-refractivity contribution >= 4 is 0 Å². The predicted molar refractivity (Wildman–Crippen MR) is 48.4 cm³/mol. The Balaban J connectivity index is 3.08. The highest BCUT2D eigenvalue weighted by atomic mass is 16.3. The third-order valence-electron chi connectivity index (χ3n) is 2.25. The molecule has 0 radical (unpaired) electrons. The molecule has 0 amide bonds. The summed E-state index contributed by atoms with van der Waals surface area (Å²) in [7, 11) is 0. The topological polar surface area (TPSA) is 40.5 Å². The van der Waals surface area contributed by atoms with Gasteiger partial charge in [0.1, 0.15) is 5.75 Å². The zero-order valence-corrected chi connectivity index (χ0v) is 7.46. The molecule has 0 aliphatic heterocycles. The Labute approximate surface area is 72.5 Å². The number of phenolic OH excluding ortho intramolecular Hbond substituents is 1. The Bertz CT molecular complexity index is 279. The van der Waals surface area contributed by atoms with Crippen molar-refractivity contribution in [3.05, 3.63) is 28.8 Å². The SMILES string of the molecule is Cc1c(O)ccc(CCO)c1C. The fraction of sp³-hybridized carbons (Fsp3) is 0.400. The minimum Gasteiger partial charge on any atom is -0.508 e. The van der Waals surface area contributed by atoms with Gasteiger partial charge < -0.3 is 10.2 Å². The van der Waals surface area contributed by atoms with E-state index in [-0.39, 0.29) is 6.61 Å². The standard InChI is InChI=1S/C10H14O2/c1-7-8(2)10(12)4-3-9(7)5-6-11/h3-4,11-12H,5-6H2,1-2H3. The summed E-state index contributed by atoms with van der Waals surface area (Å²) in [4.78, 5) is 0. The van der Waals surface area contributed by atoms with Crippen LogP contribution in [0, 0.1) is 13.8 Å². The third-order valence-corrected chi connectivity index (χ3v) is 2.25.